The largest absolute Gasteiger partial charge is 0.300 e. The molecule has 78 valence electrons. The minimum atomic E-state index is 0.334. The van der Waals surface area contributed by atoms with Crippen LogP contribution in [0.2, 0.25) is 0 Å². The molecule has 1 heteroatoms. The van der Waals surface area contributed by atoms with E-state index in [0.29, 0.717) is 5.78 Å². The monoisotopic (exact) mass is 184 g/mol. The standard InChI is InChI=1S/C12H24O/c1-4-5-6-7-8-11(2)9-10-12(3)13/h11H,4-10H2,1-3H3. The van der Waals surface area contributed by atoms with Gasteiger partial charge in [-0.2, -0.15) is 0 Å². The van der Waals surface area contributed by atoms with Crippen molar-refractivity contribution < 1.29 is 4.79 Å². The van der Waals surface area contributed by atoms with Gasteiger partial charge in [-0.05, 0) is 19.3 Å². The van der Waals surface area contributed by atoms with E-state index in [0.717, 1.165) is 18.8 Å². The van der Waals surface area contributed by atoms with Gasteiger partial charge in [-0.15, -0.1) is 0 Å². The highest BCUT2D eigenvalue weighted by Crippen LogP contribution is 2.15. The van der Waals surface area contributed by atoms with Crippen LogP contribution in [0, 0.1) is 5.92 Å². The molecule has 1 unspecified atom stereocenters. The van der Waals surface area contributed by atoms with Crippen molar-refractivity contribution in [3.63, 3.8) is 0 Å². The lowest BCUT2D eigenvalue weighted by Crippen LogP contribution is -1.98. The Morgan fingerprint density at radius 3 is 2.38 bits per heavy atom. The molecule has 0 rings (SSSR count). The smallest absolute Gasteiger partial charge is 0.129 e. The van der Waals surface area contributed by atoms with Gasteiger partial charge in [-0.25, -0.2) is 0 Å². The number of ketones is 1. The van der Waals surface area contributed by atoms with E-state index < -0.39 is 0 Å². The summed E-state index contributed by atoms with van der Waals surface area (Å²) < 4.78 is 0. The van der Waals surface area contributed by atoms with Crippen molar-refractivity contribution in [2.24, 2.45) is 5.92 Å². The molecule has 1 nitrogen and oxygen atoms in total. The first-order valence-corrected chi connectivity index (χ1v) is 5.66. The van der Waals surface area contributed by atoms with Gasteiger partial charge in [0, 0.05) is 6.42 Å². The molecule has 0 radical (unpaired) electrons. The van der Waals surface area contributed by atoms with E-state index in [1.807, 2.05) is 0 Å². The van der Waals surface area contributed by atoms with Gasteiger partial charge in [0.05, 0.1) is 0 Å². The van der Waals surface area contributed by atoms with Crippen molar-refractivity contribution in [3.8, 4) is 0 Å². The first kappa shape index (κ1) is 12.7. The van der Waals surface area contributed by atoms with Crippen molar-refractivity contribution in [1.82, 2.24) is 0 Å². The predicted molar refractivity (Wildman–Crippen MR) is 57.8 cm³/mol. The quantitative estimate of drug-likeness (QED) is 0.522. The Morgan fingerprint density at radius 2 is 1.85 bits per heavy atom. The van der Waals surface area contributed by atoms with Crippen molar-refractivity contribution in [2.75, 3.05) is 0 Å². The van der Waals surface area contributed by atoms with E-state index in [2.05, 4.69) is 13.8 Å². The fraction of sp³-hybridized carbons (Fsp3) is 0.917. The lowest BCUT2D eigenvalue weighted by molar-refractivity contribution is -0.117. The van der Waals surface area contributed by atoms with Gasteiger partial charge >= 0.3 is 0 Å². The molecule has 1 atom stereocenters. The van der Waals surface area contributed by atoms with Gasteiger partial charge in [-0.3, -0.25) is 0 Å². The Morgan fingerprint density at radius 1 is 1.15 bits per heavy atom. The maximum Gasteiger partial charge on any atom is 0.129 e. The van der Waals surface area contributed by atoms with Crippen LogP contribution in [-0.2, 0) is 4.79 Å². The van der Waals surface area contributed by atoms with Crippen LogP contribution in [0.15, 0.2) is 0 Å². The molecule has 0 aliphatic heterocycles. The molecule has 0 aliphatic carbocycles. The van der Waals surface area contributed by atoms with Gasteiger partial charge in [0.1, 0.15) is 5.78 Å². The average Bonchev–Trinajstić information content (AvgIpc) is 2.09. The first-order valence-electron chi connectivity index (χ1n) is 5.66. The number of carbonyl (C=O) groups is 1. The van der Waals surface area contributed by atoms with E-state index in [1.165, 1.54) is 32.1 Å². The molecule has 0 aromatic carbocycles. The summed E-state index contributed by atoms with van der Waals surface area (Å²) in [6.07, 6.45) is 8.53. The highest BCUT2D eigenvalue weighted by atomic mass is 16.1. The molecule has 0 aromatic rings. The zero-order valence-electron chi connectivity index (χ0n) is 9.44. The SMILES string of the molecule is CCCCCCC(C)CCC(C)=O. The van der Waals surface area contributed by atoms with E-state index in [-0.39, 0.29) is 0 Å². The molecular formula is C12H24O. The normalized spacial score (nSPS) is 12.8. The third kappa shape index (κ3) is 9.59. The molecule has 0 saturated carbocycles. The number of hydrogen-bond acceptors (Lipinski definition) is 1. The van der Waals surface area contributed by atoms with E-state index in [4.69, 9.17) is 0 Å². The second kappa shape index (κ2) is 8.28. The van der Waals surface area contributed by atoms with Crippen molar-refractivity contribution in [2.45, 2.75) is 65.7 Å². The highest BCUT2D eigenvalue weighted by molar-refractivity contribution is 5.75. The minimum Gasteiger partial charge on any atom is -0.300 e. The molecule has 0 heterocycles. The summed E-state index contributed by atoms with van der Waals surface area (Å²) in [5, 5.41) is 0. The summed E-state index contributed by atoms with van der Waals surface area (Å²) in [7, 11) is 0. The van der Waals surface area contributed by atoms with Crippen LogP contribution in [0.3, 0.4) is 0 Å². The topological polar surface area (TPSA) is 17.1 Å². The van der Waals surface area contributed by atoms with E-state index >= 15 is 0 Å². The van der Waals surface area contributed by atoms with Crippen molar-refractivity contribution in [3.05, 3.63) is 0 Å². The van der Waals surface area contributed by atoms with Crippen molar-refractivity contribution in [1.29, 1.82) is 0 Å². The molecule has 0 N–H and O–H groups in total. The van der Waals surface area contributed by atoms with Crippen molar-refractivity contribution >= 4 is 5.78 Å². The zero-order valence-corrected chi connectivity index (χ0v) is 9.44. The van der Waals surface area contributed by atoms with Gasteiger partial charge < -0.3 is 4.79 Å². The number of Topliss-reactive ketones (excluding diaryl/α,β-unsaturated/α-hetero) is 1. The van der Waals surface area contributed by atoms with Crippen LogP contribution < -0.4 is 0 Å². The molecule has 0 bridgehead atoms. The number of rotatable bonds is 8. The number of carbonyl (C=O) groups excluding carboxylic acids is 1. The third-order valence-electron chi connectivity index (χ3n) is 2.54. The Kier molecular flexibility index (Phi) is 8.07. The Bertz CT molecular complexity index is 129. The Labute approximate surface area is 82.9 Å². The lowest BCUT2D eigenvalue weighted by Gasteiger charge is -2.09. The van der Waals surface area contributed by atoms with Gasteiger partial charge in [0.25, 0.3) is 0 Å². The fourth-order valence-electron chi connectivity index (χ4n) is 1.51. The number of unbranched alkanes of at least 4 members (excludes halogenated alkanes) is 3. The van der Waals surface area contributed by atoms with Crippen LogP contribution in [0.1, 0.15) is 65.7 Å². The Balaban J connectivity index is 3.19. The maximum atomic E-state index is 10.7. The average molecular weight is 184 g/mol. The van der Waals surface area contributed by atoms with Crippen LogP contribution >= 0.6 is 0 Å². The molecular weight excluding hydrogens is 160 g/mol. The lowest BCUT2D eigenvalue weighted by atomic mass is 9.97. The van der Waals surface area contributed by atoms with Crippen LogP contribution in [0.4, 0.5) is 0 Å². The summed E-state index contributed by atoms with van der Waals surface area (Å²) in [6, 6.07) is 0. The molecule has 0 aromatic heterocycles. The molecule has 0 amide bonds. The summed E-state index contributed by atoms with van der Waals surface area (Å²) in [5.41, 5.74) is 0. The van der Waals surface area contributed by atoms with Gasteiger partial charge in [-0.1, -0.05) is 46.0 Å². The number of hydrogen-bond donors (Lipinski definition) is 0. The molecule has 0 aliphatic rings. The van der Waals surface area contributed by atoms with Gasteiger partial charge in [0.15, 0.2) is 0 Å². The second-order valence-electron chi connectivity index (χ2n) is 4.20. The molecule has 13 heavy (non-hydrogen) atoms. The molecule has 0 fully saturated rings. The maximum absolute atomic E-state index is 10.7. The van der Waals surface area contributed by atoms with Crippen LogP contribution in [0.5, 0.6) is 0 Å². The summed E-state index contributed by atoms with van der Waals surface area (Å²) >= 11 is 0. The zero-order chi connectivity index (χ0) is 10.1. The molecule has 0 spiro atoms. The van der Waals surface area contributed by atoms with Crippen LogP contribution in [0.25, 0.3) is 0 Å². The summed E-state index contributed by atoms with van der Waals surface area (Å²) in [6.45, 7) is 6.18. The second-order valence-corrected chi connectivity index (χ2v) is 4.20. The summed E-state index contributed by atoms with van der Waals surface area (Å²) in [5.74, 6) is 1.07. The minimum absolute atomic E-state index is 0.334. The third-order valence-corrected chi connectivity index (χ3v) is 2.54. The van der Waals surface area contributed by atoms with E-state index in [9.17, 15) is 4.79 Å². The van der Waals surface area contributed by atoms with Crippen LogP contribution in [-0.4, -0.2) is 5.78 Å². The van der Waals surface area contributed by atoms with E-state index in [1.54, 1.807) is 6.92 Å². The fourth-order valence-corrected chi connectivity index (χ4v) is 1.51. The highest BCUT2D eigenvalue weighted by Gasteiger charge is 2.03. The Hall–Kier alpha value is -0.330. The molecule has 0 saturated heterocycles. The predicted octanol–water partition coefficient (Wildman–Crippen LogP) is 3.96. The van der Waals surface area contributed by atoms with Gasteiger partial charge in [0.2, 0.25) is 0 Å². The first-order chi connectivity index (χ1) is 6.16. The summed E-state index contributed by atoms with van der Waals surface area (Å²) in [4.78, 5) is 10.7.